The minimum atomic E-state index is 0.815. The lowest BCUT2D eigenvalue weighted by atomic mass is 10.1. The summed E-state index contributed by atoms with van der Waals surface area (Å²) in [4.78, 5) is 4.23. The summed E-state index contributed by atoms with van der Waals surface area (Å²) >= 11 is 1.69. The van der Waals surface area contributed by atoms with E-state index in [1.54, 1.807) is 18.0 Å². The Morgan fingerprint density at radius 3 is 2.67 bits per heavy atom. The van der Waals surface area contributed by atoms with Crippen LogP contribution in [-0.2, 0) is 0 Å². The van der Waals surface area contributed by atoms with Gasteiger partial charge in [0.05, 0.1) is 5.69 Å². The van der Waals surface area contributed by atoms with Gasteiger partial charge >= 0.3 is 0 Å². The second-order valence-electron chi connectivity index (χ2n) is 5.31. The highest BCUT2D eigenvalue weighted by Crippen LogP contribution is 2.31. The van der Waals surface area contributed by atoms with Crippen LogP contribution in [0.1, 0.15) is 6.92 Å². The lowest BCUT2D eigenvalue weighted by molar-refractivity contribution is 0.891. The quantitative estimate of drug-likeness (QED) is 0.513. The van der Waals surface area contributed by atoms with Crippen molar-refractivity contribution >= 4 is 22.5 Å². The van der Waals surface area contributed by atoms with E-state index in [1.807, 2.05) is 18.3 Å². The van der Waals surface area contributed by atoms with E-state index >= 15 is 0 Å². The summed E-state index contributed by atoms with van der Waals surface area (Å²) < 4.78 is 2.13. The Bertz CT molecular complexity index is 974. The first-order chi connectivity index (χ1) is 11.9. The first-order valence-electron chi connectivity index (χ1n) is 7.85. The minimum absolute atomic E-state index is 0.815. The van der Waals surface area contributed by atoms with Crippen LogP contribution in [0.4, 0.5) is 0 Å². The molecule has 5 heteroatoms. The zero-order valence-corrected chi connectivity index (χ0v) is 14.1. The lowest BCUT2D eigenvalue weighted by Crippen LogP contribution is -2.01. The van der Waals surface area contributed by atoms with Crippen LogP contribution in [-0.4, -0.2) is 25.5 Å². The number of rotatable bonds is 4. The molecule has 0 saturated carbocycles. The smallest absolute Gasteiger partial charge is 0.196 e. The van der Waals surface area contributed by atoms with Gasteiger partial charge in [0.2, 0.25) is 0 Å². The van der Waals surface area contributed by atoms with Gasteiger partial charge in [-0.2, -0.15) is 0 Å². The molecule has 2 aromatic carbocycles. The largest absolute Gasteiger partial charge is 0.269 e. The molecule has 0 aliphatic heterocycles. The third-order valence-corrected chi connectivity index (χ3v) is 4.65. The number of benzene rings is 2. The zero-order chi connectivity index (χ0) is 16.4. The van der Waals surface area contributed by atoms with Crippen LogP contribution < -0.4 is 0 Å². The van der Waals surface area contributed by atoms with Crippen molar-refractivity contribution in [3.8, 4) is 17.1 Å². The molecule has 4 rings (SSSR count). The highest BCUT2D eigenvalue weighted by Gasteiger charge is 2.17. The van der Waals surface area contributed by atoms with E-state index < -0.39 is 0 Å². The maximum atomic E-state index is 4.44. The van der Waals surface area contributed by atoms with Crippen molar-refractivity contribution in [1.82, 2.24) is 19.7 Å². The molecule has 2 aromatic heterocycles. The van der Waals surface area contributed by atoms with Crippen LogP contribution in [0.3, 0.4) is 0 Å². The van der Waals surface area contributed by atoms with E-state index in [-0.39, 0.29) is 0 Å². The second-order valence-corrected chi connectivity index (χ2v) is 6.55. The maximum Gasteiger partial charge on any atom is 0.196 e. The van der Waals surface area contributed by atoms with Gasteiger partial charge in [-0.15, -0.1) is 10.2 Å². The Morgan fingerprint density at radius 1 is 0.958 bits per heavy atom. The van der Waals surface area contributed by atoms with Crippen molar-refractivity contribution in [2.75, 3.05) is 5.75 Å². The van der Waals surface area contributed by atoms with Gasteiger partial charge in [-0.05, 0) is 29.3 Å². The van der Waals surface area contributed by atoms with Crippen molar-refractivity contribution in [3.05, 3.63) is 67.0 Å². The number of hydrogen-bond acceptors (Lipinski definition) is 4. The van der Waals surface area contributed by atoms with E-state index in [0.717, 1.165) is 28.0 Å². The molecule has 0 atom stereocenters. The minimum Gasteiger partial charge on any atom is -0.269 e. The predicted molar refractivity (Wildman–Crippen MR) is 98.5 cm³/mol. The molecule has 0 unspecified atom stereocenters. The van der Waals surface area contributed by atoms with E-state index in [2.05, 4.69) is 69.1 Å². The average Bonchev–Trinajstić information content (AvgIpc) is 3.06. The maximum absolute atomic E-state index is 4.44. The highest BCUT2D eigenvalue weighted by molar-refractivity contribution is 7.99. The number of fused-ring (bicyclic) bond motifs is 1. The molecular weight excluding hydrogens is 316 g/mol. The monoisotopic (exact) mass is 332 g/mol. The Kier molecular flexibility index (Phi) is 4.01. The molecule has 0 N–H and O–H groups in total. The Labute approximate surface area is 144 Å². The van der Waals surface area contributed by atoms with Crippen LogP contribution in [0.2, 0.25) is 0 Å². The van der Waals surface area contributed by atoms with E-state index in [9.17, 15) is 0 Å². The van der Waals surface area contributed by atoms with Crippen LogP contribution in [0.15, 0.2) is 72.1 Å². The third-order valence-electron chi connectivity index (χ3n) is 3.83. The Morgan fingerprint density at radius 2 is 1.83 bits per heavy atom. The van der Waals surface area contributed by atoms with Gasteiger partial charge in [0.15, 0.2) is 11.0 Å². The van der Waals surface area contributed by atoms with Gasteiger partial charge in [0, 0.05) is 23.3 Å². The lowest BCUT2D eigenvalue weighted by Gasteiger charge is -2.12. The fourth-order valence-electron chi connectivity index (χ4n) is 2.79. The molecule has 4 nitrogen and oxygen atoms in total. The summed E-state index contributed by atoms with van der Waals surface area (Å²) in [6, 6.07) is 18.6. The van der Waals surface area contributed by atoms with Crippen molar-refractivity contribution in [2.24, 2.45) is 0 Å². The second kappa shape index (κ2) is 6.45. The molecule has 0 spiro atoms. The van der Waals surface area contributed by atoms with Gasteiger partial charge < -0.3 is 0 Å². The van der Waals surface area contributed by atoms with Gasteiger partial charge in [0.25, 0.3) is 0 Å². The van der Waals surface area contributed by atoms with Crippen LogP contribution in [0.25, 0.3) is 27.8 Å². The molecule has 118 valence electrons. The molecule has 0 radical (unpaired) electrons. The molecule has 0 saturated heterocycles. The van der Waals surface area contributed by atoms with Crippen molar-refractivity contribution < 1.29 is 0 Å². The summed E-state index contributed by atoms with van der Waals surface area (Å²) in [5, 5.41) is 12.1. The van der Waals surface area contributed by atoms with Gasteiger partial charge in [-0.3, -0.25) is 9.55 Å². The molecule has 24 heavy (non-hydrogen) atoms. The average molecular weight is 332 g/mol. The Balaban J connectivity index is 2.01. The number of nitrogens with zero attached hydrogens (tertiary/aromatic N) is 4. The number of aromatic nitrogens is 4. The van der Waals surface area contributed by atoms with Crippen molar-refractivity contribution in [1.29, 1.82) is 0 Å². The molecule has 2 heterocycles. The summed E-state index contributed by atoms with van der Waals surface area (Å²) in [5.74, 6) is 1.76. The normalized spacial score (nSPS) is 11.0. The van der Waals surface area contributed by atoms with Gasteiger partial charge in [0.1, 0.15) is 0 Å². The third kappa shape index (κ3) is 2.57. The molecule has 0 bridgehead atoms. The predicted octanol–water partition coefficient (Wildman–Crippen LogP) is 4.59. The fraction of sp³-hybridized carbons (Fsp3) is 0.105. The first kappa shape index (κ1) is 14.9. The van der Waals surface area contributed by atoms with Crippen LogP contribution in [0, 0.1) is 0 Å². The fourth-order valence-corrected chi connectivity index (χ4v) is 3.47. The van der Waals surface area contributed by atoms with Crippen molar-refractivity contribution in [2.45, 2.75) is 12.1 Å². The summed E-state index contributed by atoms with van der Waals surface area (Å²) in [6.45, 7) is 2.12. The van der Waals surface area contributed by atoms with Crippen LogP contribution >= 0.6 is 11.8 Å². The van der Waals surface area contributed by atoms with E-state index in [0.29, 0.717) is 0 Å². The molecule has 0 amide bonds. The molecule has 0 aliphatic carbocycles. The topological polar surface area (TPSA) is 43.6 Å². The number of hydrogen-bond donors (Lipinski definition) is 0. The first-order valence-corrected chi connectivity index (χ1v) is 8.84. The SMILES string of the molecule is CCSc1nnc(-c2cccnc2)n1-c1cccc2ccccc12. The summed E-state index contributed by atoms with van der Waals surface area (Å²) in [7, 11) is 0. The van der Waals surface area contributed by atoms with E-state index in [1.165, 1.54) is 10.8 Å². The van der Waals surface area contributed by atoms with E-state index in [4.69, 9.17) is 0 Å². The summed E-state index contributed by atoms with van der Waals surface area (Å²) in [5.41, 5.74) is 2.05. The van der Waals surface area contributed by atoms with Crippen LogP contribution in [0.5, 0.6) is 0 Å². The molecule has 4 aromatic rings. The summed E-state index contributed by atoms with van der Waals surface area (Å²) in [6.07, 6.45) is 3.59. The van der Waals surface area contributed by atoms with Crippen molar-refractivity contribution in [3.63, 3.8) is 0 Å². The Hall–Kier alpha value is -2.66. The van der Waals surface area contributed by atoms with Gasteiger partial charge in [-0.25, -0.2) is 0 Å². The van der Waals surface area contributed by atoms with Gasteiger partial charge in [-0.1, -0.05) is 55.1 Å². The molecule has 0 fully saturated rings. The number of pyridine rings is 1. The molecular formula is C19H16N4S. The molecule has 0 aliphatic rings. The standard InChI is InChI=1S/C19H16N4S/c1-2-24-19-22-21-18(15-9-6-12-20-13-15)23(19)17-11-5-8-14-7-3-4-10-16(14)17/h3-13H,2H2,1H3. The highest BCUT2D eigenvalue weighted by atomic mass is 32.2. The number of thioether (sulfide) groups is 1. The zero-order valence-electron chi connectivity index (χ0n) is 13.3.